The molecule has 2 aromatic carbocycles. The number of aromatic nitrogens is 2. The molecule has 3 rings (SSSR count). The number of hydrogen-bond acceptors (Lipinski definition) is 6. The number of nitrogens with zero attached hydrogens (tertiary/aromatic N) is 2. The van der Waals surface area contributed by atoms with Crippen molar-refractivity contribution in [1.29, 1.82) is 0 Å². The molecule has 3 aromatic rings. The normalized spacial score (nSPS) is 10.6. The van der Waals surface area contributed by atoms with Crippen LogP contribution in [0.4, 0.5) is 5.69 Å². The number of nitrogens with one attached hydrogen (secondary N) is 1. The molecular weight excluding hydrogens is 386 g/mol. The van der Waals surface area contributed by atoms with Crippen LogP contribution in [-0.2, 0) is 27.8 Å². The van der Waals surface area contributed by atoms with Crippen molar-refractivity contribution >= 4 is 28.5 Å². The fourth-order valence-corrected chi connectivity index (χ4v) is 2.92. The Labute approximate surface area is 173 Å². The van der Waals surface area contributed by atoms with Crippen molar-refractivity contribution in [2.24, 2.45) is 7.05 Å². The molecule has 0 radical (unpaired) electrons. The number of carbonyl (C=O) groups is 2. The molecule has 1 amide bonds. The van der Waals surface area contributed by atoms with Crippen LogP contribution in [0.1, 0.15) is 19.2 Å². The Morgan fingerprint density at radius 2 is 1.83 bits per heavy atom. The van der Waals surface area contributed by atoms with E-state index in [4.69, 9.17) is 9.47 Å². The van der Waals surface area contributed by atoms with E-state index in [1.807, 2.05) is 6.92 Å². The highest BCUT2D eigenvalue weighted by Gasteiger charge is 2.12. The quantitative estimate of drug-likeness (QED) is 0.574. The van der Waals surface area contributed by atoms with Gasteiger partial charge >= 0.3 is 5.97 Å². The molecule has 1 N–H and O–H groups in total. The maximum absolute atomic E-state index is 12.4. The number of para-hydroxylation sites is 1. The van der Waals surface area contributed by atoms with E-state index in [1.165, 1.54) is 4.57 Å². The molecule has 0 spiro atoms. The average Bonchev–Trinajstić information content (AvgIpc) is 2.75. The third-order valence-electron chi connectivity index (χ3n) is 4.44. The standard InChI is InChI=1S/C22H23N3O5/c1-3-29-16-10-8-15(9-11-16)23-20(26)14-30-21(27)13-12-19-24-18-7-5-4-6-17(18)22(28)25(19)2/h4-11H,3,12-14H2,1-2H3,(H,23,26). The van der Waals surface area contributed by atoms with Crippen molar-refractivity contribution in [1.82, 2.24) is 9.55 Å². The first-order chi connectivity index (χ1) is 14.5. The molecule has 8 nitrogen and oxygen atoms in total. The third kappa shape index (κ3) is 5.22. The molecule has 0 fully saturated rings. The lowest BCUT2D eigenvalue weighted by molar-refractivity contribution is -0.147. The highest BCUT2D eigenvalue weighted by molar-refractivity contribution is 5.92. The summed E-state index contributed by atoms with van der Waals surface area (Å²) in [6.07, 6.45) is 0.241. The van der Waals surface area contributed by atoms with Crippen molar-refractivity contribution < 1.29 is 19.1 Å². The number of rotatable bonds is 8. The molecule has 0 unspecified atom stereocenters. The molecule has 0 saturated heterocycles. The van der Waals surface area contributed by atoms with Crippen LogP contribution in [0, 0.1) is 0 Å². The SMILES string of the molecule is CCOc1ccc(NC(=O)COC(=O)CCc2nc3ccccc3c(=O)n2C)cc1. The van der Waals surface area contributed by atoms with Crippen LogP contribution < -0.4 is 15.6 Å². The molecule has 156 valence electrons. The van der Waals surface area contributed by atoms with E-state index in [0.717, 1.165) is 0 Å². The van der Waals surface area contributed by atoms with Gasteiger partial charge in [0.1, 0.15) is 11.6 Å². The fourth-order valence-electron chi connectivity index (χ4n) is 2.92. The molecule has 0 aliphatic heterocycles. The summed E-state index contributed by atoms with van der Waals surface area (Å²) in [5.74, 6) is 0.205. The highest BCUT2D eigenvalue weighted by atomic mass is 16.5. The van der Waals surface area contributed by atoms with Crippen LogP contribution in [0.25, 0.3) is 10.9 Å². The summed E-state index contributed by atoms with van der Waals surface area (Å²) in [5, 5.41) is 3.17. The van der Waals surface area contributed by atoms with E-state index >= 15 is 0 Å². The molecular formula is C22H23N3O5. The summed E-state index contributed by atoms with van der Waals surface area (Å²) in [6, 6.07) is 13.9. The summed E-state index contributed by atoms with van der Waals surface area (Å²) in [5.41, 5.74) is 0.993. The largest absolute Gasteiger partial charge is 0.494 e. The zero-order valence-electron chi connectivity index (χ0n) is 16.9. The van der Waals surface area contributed by atoms with Crippen molar-refractivity contribution in [3.8, 4) is 5.75 Å². The minimum absolute atomic E-state index is 0.00888. The summed E-state index contributed by atoms with van der Waals surface area (Å²) in [4.78, 5) is 40.8. The topological polar surface area (TPSA) is 99.5 Å². The van der Waals surface area contributed by atoms with Gasteiger partial charge in [-0.05, 0) is 43.3 Å². The van der Waals surface area contributed by atoms with Crippen molar-refractivity contribution in [2.75, 3.05) is 18.5 Å². The number of esters is 1. The number of anilines is 1. The highest BCUT2D eigenvalue weighted by Crippen LogP contribution is 2.15. The lowest BCUT2D eigenvalue weighted by Gasteiger charge is -2.10. The molecule has 0 aliphatic carbocycles. The molecule has 0 bridgehead atoms. The number of carbonyl (C=O) groups excluding carboxylic acids is 2. The summed E-state index contributed by atoms with van der Waals surface area (Å²) >= 11 is 0. The first kappa shape index (κ1) is 21.0. The Bertz CT molecular complexity index is 1110. The number of benzene rings is 2. The average molecular weight is 409 g/mol. The third-order valence-corrected chi connectivity index (χ3v) is 4.44. The van der Waals surface area contributed by atoms with Crippen LogP contribution in [0.5, 0.6) is 5.75 Å². The Kier molecular flexibility index (Phi) is 6.79. The molecule has 0 saturated carbocycles. The lowest BCUT2D eigenvalue weighted by atomic mass is 10.2. The summed E-state index contributed by atoms with van der Waals surface area (Å²) in [7, 11) is 1.62. The summed E-state index contributed by atoms with van der Waals surface area (Å²) in [6.45, 7) is 2.06. The van der Waals surface area contributed by atoms with Crippen LogP contribution in [0.3, 0.4) is 0 Å². The second-order valence-electron chi connectivity index (χ2n) is 6.58. The first-order valence-corrected chi connectivity index (χ1v) is 9.61. The van der Waals surface area contributed by atoms with Gasteiger partial charge in [-0.2, -0.15) is 0 Å². The number of fused-ring (bicyclic) bond motifs is 1. The van der Waals surface area contributed by atoms with E-state index in [-0.39, 0.29) is 18.4 Å². The summed E-state index contributed by atoms with van der Waals surface area (Å²) < 4.78 is 11.8. The molecule has 8 heteroatoms. The van der Waals surface area contributed by atoms with E-state index in [1.54, 1.807) is 55.6 Å². The van der Waals surface area contributed by atoms with Gasteiger partial charge in [0.25, 0.3) is 11.5 Å². The Morgan fingerprint density at radius 1 is 1.10 bits per heavy atom. The predicted octanol–water partition coefficient (Wildman–Crippen LogP) is 2.45. The van der Waals surface area contributed by atoms with Crippen molar-refractivity contribution in [3.05, 3.63) is 64.7 Å². The minimum atomic E-state index is -0.542. The minimum Gasteiger partial charge on any atom is -0.494 e. The van der Waals surface area contributed by atoms with Gasteiger partial charge in [-0.1, -0.05) is 12.1 Å². The molecule has 0 aliphatic rings. The molecule has 1 heterocycles. The van der Waals surface area contributed by atoms with E-state index in [0.29, 0.717) is 34.8 Å². The second kappa shape index (κ2) is 9.69. The van der Waals surface area contributed by atoms with Crippen LogP contribution in [0.15, 0.2) is 53.3 Å². The maximum atomic E-state index is 12.4. The van der Waals surface area contributed by atoms with E-state index < -0.39 is 18.5 Å². The number of aryl methyl sites for hydroxylation is 1. The second-order valence-corrected chi connectivity index (χ2v) is 6.58. The Balaban J connectivity index is 1.50. The first-order valence-electron chi connectivity index (χ1n) is 9.61. The van der Waals surface area contributed by atoms with Gasteiger partial charge in [0, 0.05) is 19.2 Å². The van der Waals surface area contributed by atoms with Gasteiger partial charge in [-0.15, -0.1) is 0 Å². The number of amides is 1. The van der Waals surface area contributed by atoms with Gasteiger partial charge in [0.15, 0.2) is 6.61 Å². The maximum Gasteiger partial charge on any atom is 0.306 e. The number of hydrogen-bond donors (Lipinski definition) is 1. The van der Waals surface area contributed by atoms with Gasteiger partial charge in [-0.3, -0.25) is 19.0 Å². The van der Waals surface area contributed by atoms with Crippen LogP contribution >= 0.6 is 0 Å². The van der Waals surface area contributed by atoms with E-state index in [2.05, 4.69) is 10.3 Å². The van der Waals surface area contributed by atoms with Crippen molar-refractivity contribution in [3.63, 3.8) is 0 Å². The molecule has 30 heavy (non-hydrogen) atoms. The zero-order chi connectivity index (χ0) is 21.5. The zero-order valence-corrected chi connectivity index (χ0v) is 16.9. The van der Waals surface area contributed by atoms with Crippen molar-refractivity contribution in [2.45, 2.75) is 19.8 Å². The molecule has 1 aromatic heterocycles. The van der Waals surface area contributed by atoms with Gasteiger partial charge in [-0.25, -0.2) is 4.98 Å². The van der Waals surface area contributed by atoms with Gasteiger partial charge in [0.05, 0.1) is 23.9 Å². The predicted molar refractivity (Wildman–Crippen MR) is 113 cm³/mol. The lowest BCUT2D eigenvalue weighted by Crippen LogP contribution is -2.24. The van der Waals surface area contributed by atoms with Crippen LogP contribution in [-0.4, -0.2) is 34.6 Å². The monoisotopic (exact) mass is 409 g/mol. The fraction of sp³-hybridized carbons (Fsp3) is 0.273. The van der Waals surface area contributed by atoms with Crippen LogP contribution in [0.2, 0.25) is 0 Å². The smallest absolute Gasteiger partial charge is 0.306 e. The van der Waals surface area contributed by atoms with Gasteiger partial charge < -0.3 is 14.8 Å². The molecule has 0 atom stereocenters. The van der Waals surface area contributed by atoms with Gasteiger partial charge in [0.2, 0.25) is 0 Å². The Hall–Kier alpha value is -3.68. The number of ether oxygens (including phenoxy) is 2. The van der Waals surface area contributed by atoms with E-state index in [9.17, 15) is 14.4 Å². The Morgan fingerprint density at radius 3 is 2.57 bits per heavy atom.